The number of hydrogen-bond donors (Lipinski definition) is 0. The van der Waals surface area contributed by atoms with Gasteiger partial charge in [0, 0.05) is 0 Å². The second kappa shape index (κ2) is 4.25. The first-order chi connectivity index (χ1) is 8.13. The number of fused-ring (bicyclic) bond motifs is 1. The molecule has 0 saturated carbocycles. The van der Waals surface area contributed by atoms with Crippen LogP contribution >= 0.6 is 0 Å². The Hall–Kier alpha value is -2.37. The zero-order valence-electron chi connectivity index (χ0n) is 9.04. The Morgan fingerprint density at radius 2 is 2.06 bits per heavy atom. The molecule has 6 heteroatoms. The van der Waals surface area contributed by atoms with Crippen LogP contribution in [0.3, 0.4) is 0 Å². The van der Waals surface area contributed by atoms with Crippen molar-refractivity contribution >= 4 is 16.7 Å². The van der Waals surface area contributed by atoms with Crippen molar-refractivity contribution in [1.82, 2.24) is 9.78 Å². The summed E-state index contributed by atoms with van der Waals surface area (Å²) in [5, 5.41) is 15.2. The Morgan fingerprint density at radius 1 is 1.41 bits per heavy atom. The molecule has 0 unspecified atom stereocenters. The normalized spacial score (nSPS) is 10.4. The third kappa shape index (κ3) is 1.96. The molecule has 88 valence electrons. The Labute approximate surface area is 96.1 Å². The first kappa shape index (κ1) is 11.1. The number of aromatic nitrogens is 2. The van der Waals surface area contributed by atoms with E-state index < -0.39 is 18.1 Å². The molecule has 17 heavy (non-hydrogen) atoms. The Kier molecular flexibility index (Phi) is 2.78. The Balaban J connectivity index is 2.76. The minimum atomic E-state index is -1.38. The van der Waals surface area contributed by atoms with Crippen molar-refractivity contribution in [1.29, 1.82) is 0 Å². The van der Waals surface area contributed by atoms with Crippen LogP contribution in [-0.2, 0) is 11.3 Å². The fourth-order valence-corrected chi connectivity index (χ4v) is 1.58. The van der Waals surface area contributed by atoms with Gasteiger partial charge in [-0.3, -0.25) is 4.79 Å². The minimum absolute atomic E-state index is 0.210. The minimum Gasteiger partial charge on any atom is -0.548 e. The van der Waals surface area contributed by atoms with E-state index in [-0.39, 0.29) is 5.88 Å². The zero-order chi connectivity index (χ0) is 12.4. The van der Waals surface area contributed by atoms with Crippen LogP contribution < -0.4 is 15.4 Å². The highest BCUT2D eigenvalue weighted by Crippen LogP contribution is 2.18. The summed E-state index contributed by atoms with van der Waals surface area (Å²) in [6, 6.07) is 6.71. The van der Waals surface area contributed by atoms with Crippen molar-refractivity contribution in [3.63, 3.8) is 0 Å². The third-order valence-electron chi connectivity index (χ3n) is 2.31. The van der Waals surface area contributed by atoms with Gasteiger partial charge < -0.3 is 14.6 Å². The number of hydrogen-bond acceptors (Lipinski definition) is 5. The maximum atomic E-state index is 11.9. The van der Waals surface area contributed by atoms with E-state index in [0.717, 1.165) is 4.68 Å². The summed E-state index contributed by atoms with van der Waals surface area (Å²) in [5.41, 5.74) is -0.481. The molecule has 2 aromatic rings. The average molecular weight is 233 g/mol. The topological polar surface area (TPSA) is 84.2 Å². The molecule has 0 saturated heterocycles. The van der Waals surface area contributed by atoms with Crippen LogP contribution in [0.15, 0.2) is 29.1 Å². The molecular formula is C11H9N2O4-. The molecule has 0 aliphatic heterocycles. The van der Waals surface area contributed by atoms with Crippen LogP contribution in [0.5, 0.6) is 5.88 Å². The number of nitrogens with zero attached hydrogens (tertiary/aromatic N) is 2. The highest BCUT2D eigenvalue weighted by Gasteiger charge is 2.09. The fourth-order valence-electron chi connectivity index (χ4n) is 1.58. The van der Waals surface area contributed by atoms with Crippen molar-refractivity contribution in [3.05, 3.63) is 34.6 Å². The molecule has 6 nitrogen and oxygen atoms in total. The fraction of sp³-hybridized carbons (Fsp3) is 0.182. The van der Waals surface area contributed by atoms with E-state index in [1.807, 2.05) is 0 Å². The van der Waals surface area contributed by atoms with Crippen molar-refractivity contribution in [2.45, 2.75) is 6.54 Å². The van der Waals surface area contributed by atoms with Gasteiger partial charge in [0.2, 0.25) is 5.88 Å². The van der Waals surface area contributed by atoms with E-state index in [1.54, 1.807) is 24.3 Å². The number of benzene rings is 1. The molecular weight excluding hydrogens is 224 g/mol. The van der Waals surface area contributed by atoms with Crippen molar-refractivity contribution in [2.24, 2.45) is 0 Å². The lowest BCUT2D eigenvalue weighted by Gasteiger charge is -2.09. The lowest BCUT2D eigenvalue weighted by Crippen LogP contribution is -2.34. The molecule has 0 radical (unpaired) electrons. The summed E-state index contributed by atoms with van der Waals surface area (Å²) in [6.07, 6.45) is 0. The monoisotopic (exact) mass is 233 g/mol. The molecule has 0 atom stereocenters. The second-order valence-corrected chi connectivity index (χ2v) is 3.39. The van der Waals surface area contributed by atoms with Gasteiger partial charge in [-0.1, -0.05) is 12.1 Å². The van der Waals surface area contributed by atoms with Crippen LogP contribution in [0, 0.1) is 0 Å². The first-order valence-corrected chi connectivity index (χ1v) is 4.87. The third-order valence-corrected chi connectivity index (χ3v) is 2.31. The van der Waals surface area contributed by atoms with Crippen LogP contribution in [0.1, 0.15) is 0 Å². The van der Waals surface area contributed by atoms with Crippen LogP contribution in [0.2, 0.25) is 0 Å². The van der Waals surface area contributed by atoms with E-state index in [1.165, 1.54) is 7.11 Å². The number of ether oxygens (including phenoxy) is 1. The number of methoxy groups -OCH3 is 1. The number of carboxylic acid groups (broad SMARTS) is 1. The number of carbonyl (C=O) groups excluding carboxylic acids is 1. The van der Waals surface area contributed by atoms with Gasteiger partial charge in [-0.2, -0.15) is 0 Å². The number of aliphatic carboxylic acids is 1. The molecule has 0 amide bonds. The Bertz CT molecular complexity index is 633. The molecule has 0 aliphatic carbocycles. The van der Waals surface area contributed by atoms with Crippen molar-refractivity contribution in [3.8, 4) is 5.88 Å². The molecule has 2 rings (SSSR count). The number of carbonyl (C=O) groups is 1. The van der Waals surface area contributed by atoms with Crippen LogP contribution in [0.25, 0.3) is 10.8 Å². The number of carboxylic acids is 1. The van der Waals surface area contributed by atoms with E-state index in [0.29, 0.717) is 10.8 Å². The summed E-state index contributed by atoms with van der Waals surface area (Å²) in [5.74, 6) is -1.17. The van der Waals surface area contributed by atoms with E-state index in [9.17, 15) is 14.7 Å². The molecule has 0 bridgehead atoms. The maximum Gasteiger partial charge on any atom is 0.275 e. The average Bonchev–Trinajstić information content (AvgIpc) is 2.32. The largest absolute Gasteiger partial charge is 0.548 e. The molecule has 0 spiro atoms. The predicted molar refractivity (Wildman–Crippen MR) is 57.6 cm³/mol. The highest BCUT2D eigenvalue weighted by molar-refractivity contribution is 5.85. The predicted octanol–water partition coefficient (Wildman–Crippen LogP) is -0.845. The molecule has 0 aliphatic rings. The Morgan fingerprint density at radius 3 is 2.65 bits per heavy atom. The summed E-state index contributed by atoms with van der Waals surface area (Å²) in [4.78, 5) is 22.4. The van der Waals surface area contributed by atoms with Crippen molar-refractivity contribution < 1.29 is 14.6 Å². The van der Waals surface area contributed by atoms with Crippen LogP contribution in [-0.4, -0.2) is 22.9 Å². The van der Waals surface area contributed by atoms with Crippen molar-refractivity contribution in [2.75, 3.05) is 7.11 Å². The second-order valence-electron chi connectivity index (χ2n) is 3.39. The first-order valence-electron chi connectivity index (χ1n) is 4.87. The zero-order valence-corrected chi connectivity index (χ0v) is 9.04. The van der Waals surface area contributed by atoms with Gasteiger partial charge in [0.15, 0.2) is 0 Å². The number of rotatable bonds is 3. The van der Waals surface area contributed by atoms with E-state index in [2.05, 4.69) is 5.10 Å². The summed E-state index contributed by atoms with van der Waals surface area (Å²) in [6.45, 7) is -0.597. The molecule has 1 aromatic heterocycles. The van der Waals surface area contributed by atoms with Gasteiger partial charge in [0.25, 0.3) is 5.56 Å². The smallest absolute Gasteiger partial charge is 0.275 e. The van der Waals surface area contributed by atoms with Crippen LogP contribution in [0.4, 0.5) is 0 Å². The highest BCUT2D eigenvalue weighted by atomic mass is 16.5. The molecule has 1 heterocycles. The maximum absolute atomic E-state index is 11.9. The molecule has 1 aromatic carbocycles. The van der Waals surface area contributed by atoms with Gasteiger partial charge in [-0.25, -0.2) is 4.68 Å². The SMILES string of the molecule is COc1nn(CC(=O)[O-])c(=O)c2ccccc12. The lowest BCUT2D eigenvalue weighted by molar-refractivity contribution is -0.306. The van der Waals surface area contributed by atoms with E-state index >= 15 is 0 Å². The molecule has 0 N–H and O–H groups in total. The van der Waals surface area contributed by atoms with Gasteiger partial charge in [-0.05, 0) is 12.1 Å². The van der Waals surface area contributed by atoms with E-state index in [4.69, 9.17) is 4.74 Å². The van der Waals surface area contributed by atoms with Gasteiger partial charge in [0.1, 0.15) is 0 Å². The van der Waals surface area contributed by atoms with Gasteiger partial charge in [0.05, 0.1) is 30.4 Å². The summed E-state index contributed by atoms with van der Waals surface area (Å²) < 4.78 is 5.84. The standard InChI is InChI=1S/C11H10N2O4/c1-17-10-7-4-2-3-5-8(7)11(16)13(12-10)6-9(14)15/h2-5H,6H2,1H3,(H,14,15)/p-1. The summed E-state index contributed by atoms with van der Waals surface area (Å²) in [7, 11) is 1.41. The van der Waals surface area contributed by atoms with Gasteiger partial charge in [-0.15, -0.1) is 5.10 Å². The quantitative estimate of drug-likeness (QED) is 0.689. The molecule has 0 fully saturated rings. The lowest BCUT2D eigenvalue weighted by atomic mass is 10.2. The van der Waals surface area contributed by atoms with Gasteiger partial charge >= 0.3 is 0 Å². The summed E-state index contributed by atoms with van der Waals surface area (Å²) >= 11 is 0.